The van der Waals surface area contributed by atoms with Crippen LogP contribution in [0.2, 0.25) is 0 Å². The minimum absolute atomic E-state index is 0.404. The number of benzene rings is 2. The Morgan fingerprint density at radius 3 is 2.33 bits per heavy atom. The van der Waals surface area contributed by atoms with Crippen molar-refractivity contribution in [1.29, 1.82) is 0 Å². The van der Waals surface area contributed by atoms with E-state index >= 15 is 0 Å². The fraction of sp³-hybridized carbons (Fsp3) is 0.368. The Balaban J connectivity index is 1.96. The monoisotopic (exact) mass is 344 g/mol. The third-order valence-corrected chi connectivity index (χ3v) is 6.54. The van der Waals surface area contributed by atoms with Crippen LogP contribution in [0.25, 0.3) is 11.1 Å². The highest BCUT2D eigenvalue weighted by Gasteiger charge is 2.28. The Kier molecular flexibility index (Phi) is 5.33. The van der Waals surface area contributed by atoms with E-state index in [1.807, 2.05) is 42.5 Å². The van der Waals surface area contributed by atoms with Crippen LogP contribution in [0.3, 0.4) is 0 Å². The van der Waals surface area contributed by atoms with Crippen LogP contribution in [-0.2, 0) is 10.0 Å². The summed E-state index contributed by atoms with van der Waals surface area (Å²) >= 11 is 0. The van der Waals surface area contributed by atoms with Gasteiger partial charge in [-0.25, -0.2) is 8.42 Å². The molecule has 0 amide bonds. The largest absolute Gasteiger partial charge is 0.302 e. The summed E-state index contributed by atoms with van der Waals surface area (Å²) in [6, 6.07) is 17.0. The summed E-state index contributed by atoms with van der Waals surface area (Å²) in [6.07, 6.45) is 0.876. The minimum atomic E-state index is -3.49. The Morgan fingerprint density at radius 2 is 1.58 bits per heavy atom. The molecule has 24 heavy (non-hydrogen) atoms. The average molecular weight is 344 g/mol. The molecule has 0 atom stereocenters. The summed E-state index contributed by atoms with van der Waals surface area (Å²) in [6.45, 7) is 5.98. The van der Waals surface area contributed by atoms with Gasteiger partial charge in [0, 0.05) is 25.2 Å². The summed E-state index contributed by atoms with van der Waals surface area (Å²) in [4.78, 5) is 2.71. The minimum Gasteiger partial charge on any atom is -0.302 e. The predicted octanol–water partition coefficient (Wildman–Crippen LogP) is 3.07. The molecule has 128 valence electrons. The standard InChI is InChI=1S/C19H24N2O2S/c1-2-20-13-8-14-21(16-15-20)24(22,23)19-12-7-6-11-18(19)17-9-4-3-5-10-17/h3-7,9-12H,2,8,13-16H2,1H3. The van der Waals surface area contributed by atoms with E-state index in [0.717, 1.165) is 37.2 Å². The first-order chi connectivity index (χ1) is 11.6. The smallest absolute Gasteiger partial charge is 0.243 e. The summed E-state index contributed by atoms with van der Waals surface area (Å²) < 4.78 is 28.1. The van der Waals surface area contributed by atoms with Crippen LogP contribution in [0, 0.1) is 0 Å². The molecule has 1 heterocycles. The van der Waals surface area contributed by atoms with Crippen molar-refractivity contribution in [3.63, 3.8) is 0 Å². The third-order valence-electron chi connectivity index (χ3n) is 4.58. The first-order valence-corrected chi connectivity index (χ1v) is 9.94. The number of likely N-dealkylation sites (N-methyl/N-ethyl adjacent to an activating group) is 1. The van der Waals surface area contributed by atoms with Crippen molar-refractivity contribution in [2.24, 2.45) is 0 Å². The fourth-order valence-electron chi connectivity index (χ4n) is 3.19. The van der Waals surface area contributed by atoms with Gasteiger partial charge in [0.25, 0.3) is 0 Å². The average Bonchev–Trinajstić information content (AvgIpc) is 2.88. The summed E-state index contributed by atoms with van der Waals surface area (Å²) in [5.41, 5.74) is 1.70. The van der Waals surface area contributed by atoms with Gasteiger partial charge in [0.1, 0.15) is 0 Å². The van der Waals surface area contributed by atoms with E-state index in [1.165, 1.54) is 0 Å². The SMILES string of the molecule is CCN1CCCN(S(=O)(=O)c2ccccc2-c2ccccc2)CC1. The Morgan fingerprint density at radius 1 is 0.875 bits per heavy atom. The Bertz CT molecular complexity index is 775. The van der Waals surface area contributed by atoms with Gasteiger partial charge in [-0.15, -0.1) is 0 Å². The maximum atomic E-state index is 13.2. The molecule has 5 heteroatoms. The van der Waals surface area contributed by atoms with Crippen LogP contribution in [0.1, 0.15) is 13.3 Å². The highest BCUT2D eigenvalue weighted by atomic mass is 32.2. The number of hydrogen-bond acceptors (Lipinski definition) is 3. The molecule has 1 saturated heterocycles. The Hall–Kier alpha value is -1.69. The van der Waals surface area contributed by atoms with Crippen LogP contribution in [0.5, 0.6) is 0 Å². The third kappa shape index (κ3) is 3.53. The van der Waals surface area contributed by atoms with Crippen molar-refractivity contribution in [3.8, 4) is 11.1 Å². The van der Waals surface area contributed by atoms with E-state index in [1.54, 1.807) is 16.4 Å². The maximum absolute atomic E-state index is 13.2. The molecule has 0 spiro atoms. The van der Waals surface area contributed by atoms with Gasteiger partial charge in [-0.05, 0) is 31.1 Å². The van der Waals surface area contributed by atoms with Gasteiger partial charge in [-0.2, -0.15) is 4.31 Å². The number of rotatable bonds is 4. The molecule has 0 aromatic heterocycles. The van der Waals surface area contributed by atoms with Gasteiger partial charge in [0.05, 0.1) is 4.90 Å². The van der Waals surface area contributed by atoms with Gasteiger partial charge in [-0.1, -0.05) is 55.5 Å². The van der Waals surface area contributed by atoms with E-state index in [4.69, 9.17) is 0 Å². The highest BCUT2D eigenvalue weighted by Crippen LogP contribution is 2.29. The summed E-state index contributed by atoms with van der Waals surface area (Å²) in [5.74, 6) is 0. The highest BCUT2D eigenvalue weighted by molar-refractivity contribution is 7.89. The first kappa shape index (κ1) is 17.1. The molecule has 1 fully saturated rings. The molecule has 3 rings (SSSR count). The second-order valence-electron chi connectivity index (χ2n) is 6.05. The van der Waals surface area contributed by atoms with Crippen LogP contribution in [0.15, 0.2) is 59.5 Å². The molecule has 0 unspecified atom stereocenters. The lowest BCUT2D eigenvalue weighted by atomic mass is 10.1. The molecular weight excluding hydrogens is 320 g/mol. The molecular formula is C19H24N2O2S. The van der Waals surface area contributed by atoms with Gasteiger partial charge in [-0.3, -0.25) is 0 Å². The van der Waals surface area contributed by atoms with E-state index in [-0.39, 0.29) is 0 Å². The number of sulfonamides is 1. The summed E-state index contributed by atoms with van der Waals surface area (Å²) in [7, 11) is -3.49. The molecule has 2 aromatic rings. The van der Waals surface area contributed by atoms with Crippen molar-refractivity contribution < 1.29 is 8.42 Å². The lowest BCUT2D eigenvalue weighted by Crippen LogP contribution is -2.35. The van der Waals surface area contributed by atoms with Crippen LogP contribution >= 0.6 is 0 Å². The zero-order chi connectivity index (χ0) is 17.0. The quantitative estimate of drug-likeness (QED) is 0.856. The van der Waals surface area contributed by atoms with Crippen molar-refractivity contribution in [1.82, 2.24) is 9.21 Å². The van der Waals surface area contributed by atoms with E-state index in [0.29, 0.717) is 18.0 Å². The molecule has 4 nitrogen and oxygen atoms in total. The maximum Gasteiger partial charge on any atom is 0.243 e. The molecule has 0 aliphatic carbocycles. The van der Waals surface area contributed by atoms with Crippen LogP contribution in [-0.4, -0.2) is 50.3 Å². The molecule has 0 saturated carbocycles. The normalized spacial score (nSPS) is 17.5. The lowest BCUT2D eigenvalue weighted by Gasteiger charge is -2.22. The van der Waals surface area contributed by atoms with Gasteiger partial charge in [0.15, 0.2) is 0 Å². The van der Waals surface area contributed by atoms with Crippen molar-refractivity contribution >= 4 is 10.0 Å². The topological polar surface area (TPSA) is 40.6 Å². The molecule has 0 N–H and O–H groups in total. The van der Waals surface area contributed by atoms with Gasteiger partial charge < -0.3 is 4.90 Å². The van der Waals surface area contributed by atoms with Gasteiger partial charge >= 0.3 is 0 Å². The molecule has 1 aliphatic heterocycles. The van der Waals surface area contributed by atoms with Crippen LogP contribution in [0.4, 0.5) is 0 Å². The van der Waals surface area contributed by atoms with Gasteiger partial charge in [0.2, 0.25) is 10.0 Å². The van der Waals surface area contributed by atoms with E-state index in [2.05, 4.69) is 11.8 Å². The fourth-order valence-corrected chi connectivity index (χ4v) is 4.87. The molecule has 2 aromatic carbocycles. The van der Waals surface area contributed by atoms with E-state index < -0.39 is 10.0 Å². The van der Waals surface area contributed by atoms with E-state index in [9.17, 15) is 8.42 Å². The van der Waals surface area contributed by atoms with Crippen molar-refractivity contribution in [3.05, 3.63) is 54.6 Å². The molecule has 0 radical (unpaired) electrons. The second-order valence-corrected chi connectivity index (χ2v) is 7.96. The Labute approximate surface area is 144 Å². The van der Waals surface area contributed by atoms with Crippen LogP contribution < -0.4 is 0 Å². The van der Waals surface area contributed by atoms with Crippen molar-refractivity contribution in [2.75, 3.05) is 32.7 Å². The number of hydrogen-bond donors (Lipinski definition) is 0. The summed E-state index contributed by atoms with van der Waals surface area (Å²) in [5, 5.41) is 0. The molecule has 0 bridgehead atoms. The first-order valence-electron chi connectivity index (χ1n) is 8.50. The number of nitrogens with zero attached hydrogens (tertiary/aromatic N) is 2. The second kappa shape index (κ2) is 7.47. The predicted molar refractivity (Wildman–Crippen MR) is 97.4 cm³/mol. The molecule has 1 aliphatic rings. The zero-order valence-corrected chi connectivity index (χ0v) is 14.9. The van der Waals surface area contributed by atoms with Crippen molar-refractivity contribution in [2.45, 2.75) is 18.2 Å². The lowest BCUT2D eigenvalue weighted by molar-refractivity contribution is 0.302. The zero-order valence-electron chi connectivity index (χ0n) is 14.1.